The predicted molar refractivity (Wildman–Crippen MR) is 75.0 cm³/mol. The van der Waals surface area contributed by atoms with Crippen molar-refractivity contribution in [2.24, 2.45) is 0 Å². The molecule has 0 unspecified atom stereocenters. The van der Waals surface area contributed by atoms with Gasteiger partial charge in [0.25, 0.3) is 0 Å². The Labute approximate surface area is 129 Å². The van der Waals surface area contributed by atoms with Crippen LogP contribution in [0.2, 0.25) is 0 Å². The van der Waals surface area contributed by atoms with Gasteiger partial charge in [-0.1, -0.05) is 0 Å². The van der Waals surface area contributed by atoms with Crippen molar-refractivity contribution in [1.82, 2.24) is 0 Å². The van der Waals surface area contributed by atoms with Gasteiger partial charge in [0.1, 0.15) is 0 Å². The smallest absolute Gasteiger partial charge is 0.416 e. The summed E-state index contributed by atoms with van der Waals surface area (Å²) in [4.78, 5) is 0. The van der Waals surface area contributed by atoms with Crippen molar-refractivity contribution in [1.29, 1.82) is 0 Å². The number of benzene rings is 2. The average Bonchev–Trinajstić information content (AvgIpc) is 2.36. The molecule has 0 spiro atoms. The third-order valence-electron chi connectivity index (χ3n) is 2.51. The van der Waals surface area contributed by atoms with Crippen LogP contribution in [-0.4, -0.2) is 0 Å². The number of ether oxygens (including phenoxy) is 1. The highest BCUT2D eigenvalue weighted by molar-refractivity contribution is 14.1. The zero-order valence-electron chi connectivity index (χ0n) is 10.1. The fraction of sp³-hybridized carbons (Fsp3) is 0.0769. The Morgan fingerprint density at radius 3 is 2.10 bits per heavy atom. The van der Waals surface area contributed by atoms with Crippen molar-refractivity contribution in [3.05, 3.63) is 51.1 Å². The van der Waals surface area contributed by atoms with E-state index < -0.39 is 29.1 Å². The van der Waals surface area contributed by atoms with E-state index in [9.17, 15) is 22.0 Å². The second kappa shape index (κ2) is 5.66. The van der Waals surface area contributed by atoms with Gasteiger partial charge in [0.2, 0.25) is 0 Å². The van der Waals surface area contributed by atoms with Crippen molar-refractivity contribution in [2.75, 3.05) is 5.73 Å². The molecule has 0 heterocycles. The summed E-state index contributed by atoms with van der Waals surface area (Å²) in [6.45, 7) is 0. The van der Waals surface area contributed by atoms with Gasteiger partial charge in [-0.15, -0.1) is 0 Å². The minimum absolute atomic E-state index is 0.0422. The topological polar surface area (TPSA) is 35.2 Å². The maximum absolute atomic E-state index is 13.7. The fourth-order valence-electron chi connectivity index (χ4n) is 1.53. The van der Waals surface area contributed by atoms with Gasteiger partial charge in [0, 0.05) is 3.57 Å². The Morgan fingerprint density at radius 1 is 1.00 bits per heavy atom. The van der Waals surface area contributed by atoms with Crippen LogP contribution in [0, 0.1) is 15.2 Å². The van der Waals surface area contributed by atoms with E-state index in [-0.39, 0.29) is 23.6 Å². The van der Waals surface area contributed by atoms with Crippen molar-refractivity contribution < 1.29 is 26.7 Å². The summed E-state index contributed by atoms with van der Waals surface area (Å²) < 4.78 is 70.2. The van der Waals surface area contributed by atoms with Crippen molar-refractivity contribution in [2.45, 2.75) is 6.18 Å². The molecule has 0 aromatic heterocycles. The molecule has 2 aromatic rings. The predicted octanol–water partition coefficient (Wildman–Crippen LogP) is 4.96. The molecular weight excluding hydrogens is 408 g/mol. The van der Waals surface area contributed by atoms with E-state index in [1.54, 1.807) is 6.07 Å². The second-order valence-electron chi connectivity index (χ2n) is 4.05. The molecule has 0 aliphatic rings. The molecule has 0 bridgehead atoms. The van der Waals surface area contributed by atoms with Gasteiger partial charge in [0.05, 0.1) is 11.3 Å². The van der Waals surface area contributed by atoms with Crippen LogP contribution in [0.4, 0.5) is 27.6 Å². The summed E-state index contributed by atoms with van der Waals surface area (Å²) in [6.07, 6.45) is -4.85. The van der Waals surface area contributed by atoms with Gasteiger partial charge in [-0.25, -0.2) is 8.78 Å². The highest BCUT2D eigenvalue weighted by Crippen LogP contribution is 2.37. The molecule has 0 amide bonds. The molecule has 112 valence electrons. The lowest BCUT2D eigenvalue weighted by Crippen LogP contribution is -2.07. The molecule has 0 aliphatic carbocycles. The summed E-state index contributed by atoms with van der Waals surface area (Å²) in [7, 11) is 0. The lowest BCUT2D eigenvalue weighted by Gasteiger charge is -2.13. The van der Waals surface area contributed by atoms with Crippen LogP contribution in [0.25, 0.3) is 0 Å². The SMILES string of the molecule is Nc1ccc(I)cc1Oc1c(F)cc(C(F)(F)F)cc1F. The molecule has 2 aromatic carbocycles. The maximum Gasteiger partial charge on any atom is 0.416 e. The number of hydrogen-bond donors (Lipinski definition) is 1. The molecule has 8 heteroatoms. The van der Waals surface area contributed by atoms with Crippen LogP contribution in [0.3, 0.4) is 0 Å². The summed E-state index contributed by atoms with van der Waals surface area (Å²) in [5, 5.41) is 0. The molecule has 2 rings (SSSR count). The van der Waals surface area contributed by atoms with E-state index in [0.29, 0.717) is 3.57 Å². The number of hydrogen-bond acceptors (Lipinski definition) is 2. The first-order chi connectivity index (χ1) is 9.68. The van der Waals surface area contributed by atoms with E-state index >= 15 is 0 Å². The number of alkyl halides is 3. The van der Waals surface area contributed by atoms with Gasteiger partial charge in [-0.2, -0.15) is 13.2 Å². The first-order valence-electron chi connectivity index (χ1n) is 5.47. The Bertz CT molecular complexity index is 664. The van der Waals surface area contributed by atoms with E-state index in [1.165, 1.54) is 12.1 Å². The molecule has 0 fully saturated rings. The summed E-state index contributed by atoms with van der Waals surface area (Å²) in [5.74, 6) is -3.89. The van der Waals surface area contributed by atoms with Crippen LogP contribution in [0.15, 0.2) is 30.3 Å². The van der Waals surface area contributed by atoms with E-state index in [4.69, 9.17) is 10.5 Å². The first kappa shape index (κ1) is 15.8. The largest absolute Gasteiger partial charge is 0.449 e. The van der Waals surface area contributed by atoms with Gasteiger partial charge in [0.15, 0.2) is 23.1 Å². The van der Waals surface area contributed by atoms with Crippen LogP contribution in [-0.2, 0) is 6.18 Å². The average molecular weight is 415 g/mol. The van der Waals surface area contributed by atoms with Gasteiger partial charge in [-0.3, -0.25) is 0 Å². The number of nitrogens with two attached hydrogens (primary N) is 1. The van der Waals surface area contributed by atoms with E-state index in [0.717, 1.165) is 0 Å². The third-order valence-corrected chi connectivity index (χ3v) is 3.18. The van der Waals surface area contributed by atoms with Crippen LogP contribution in [0.1, 0.15) is 5.56 Å². The highest BCUT2D eigenvalue weighted by Gasteiger charge is 2.33. The normalized spacial score (nSPS) is 11.5. The molecule has 0 radical (unpaired) electrons. The van der Waals surface area contributed by atoms with Crippen LogP contribution < -0.4 is 10.5 Å². The standard InChI is InChI=1S/C13H7F5INO/c14-8-3-6(13(16,17)18)4-9(15)12(8)21-11-5-7(19)1-2-10(11)20/h1-5H,20H2. The minimum Gasteiger partial charge on any atom is -0.449 e. The summed E-state index contributed by atoms with van der Waals surface area (Å²) in [6, 6.07) is 4.84. The molecule has 0 atom stereocenters. The highest BCUT2D eigenvalue weighted by atomic mass is 127. The number of halogens is 6. The molecule has 2 N–H and O–H groups in total. The Morgan fingerprint density at radius 2 is 1.57 bits per heavy atom. The Hall–Kier alpha value is -1.58. The van der Waals surface area contributed by atoms with E-state index in [2.05, 4.69) is 0 Å². The second-order valence-corrected chi connectivity index (χ2v) is 5.30. The zero-order valence-corrected chi connectivity index (χ0v) is 12.3. The lowest BCUT2D eigenvalue weighted by atomic mass is 10.2. The Kier molecular flexibility index (Phi) is 4.26. The maximum atomic E-state index is 13.7. The van der Waals surface area contributed by atoms with Gasteiger partial charge in [-0.05, 0) is 52.9 Å². The zero-order chi connectivity index (χ0) is 15.8. The quantitative estimate of drug-likeness (QED) is 0.428. The van der Waals surface area contributed by atoms with Crippen molar-refractivity contribution in [3.8, 4) is 11.5 Å². The Balaban J connectivity index is 2.44. The third kappa shape index (κ3) is 3.55. The number of nitrogen functional groups attached to an aromatic ring is 1. The summed E-state index contributed by atoms with van der Waals surface area (Å²) in [5.41, 5.74) is 4.26. The molecular formula is C13H7F5INO. The monoisotopic (exact) mass is 415 g/mol. The molecule has 0 saturated heterocycles. The van der Waals surface area contributed by atoms with Crippen LogP contribution in [0.5, 0.6) is 11.5 Å². The lowest BCUT2D eigenvalue weighted by molar-refractivity contribution is -0.138. The first-order valence-corrected chi connectivity index (χ1v) is 6.55. The molecule has 21 heavy (non-hydrogen) atoms. The molecule has 0 saturated carbocycles. The van der Waals surface area contributed by atoms with Crippen LogP contribution >= 0.6 is 22.6 Å². The number of rotatable bonds is 2. The molecule has 2 nitrogen and oxygen atoms in total. The minimum atomic E-state index is -4.85. The summed E-state index contributed by atoms with van der Waals surface area (Å²) >= 11 is 1.93. The molecule has 0 aliphatic heterocycles. The number of anilines is 1. The van der Waals surface area contributed by atoms with Crippen molar-refractivity contribution >= 4 is 28.3 Å². The van der Waals surface area contributed by atoms with Gasteiger partial charge < -0.3 is 10.5 Å². The van der Waals surface area contributed by atoms with Gasteiger partial charge >= 0.3 is 6.18 Å². The fourth-order valence-corrected chi connectivity index (χ4v) is 1.99. The van der Waals surface area contributed by atoms with Crippen molar-refractivity contribution in [3.63, 3.8) is 0 Å². The van der Waals surface area contributed by atoms with E-state index in [1.807, 2.05) is 22.6 Å².